The lowest BCUT2D eigenvalue weighted by Crippen LogP contribution is -2.60. The molecule has 4 N–H and O–H groups in total. The Morgan fingerprint density at radius 2 is 1.58 bits per heavy atom. The molecule has 2 aliphatic rings. The van der Waals surface area contributed by atoms with E-state index in [9.17, 15) is 33.6 Å². The Morgan fingerprint density at radius 1 is 0.877 bits per heavy atom. The van der Waals surface area contributed by atoms with E-state index in [2.05, 4.69) is 31.0 Å². The lowest BCUT2D eigenvalue weighted by molar-refractivity contribution is -0.164. The number of thioether (sulfide) groups is 1. The van der Waals surface area contributed by atoms with Crippen molar-refractivity contribution in [3.8, 4) is 5.75 Å². The molecule has 21 nitrogen and oxygen atoms in total. The molecule has 3 aromatic carbocycles. The van der Waals surface area contributed by atoms with Gasteiger partial charge in [-0.3, -0.25) is 43.1 Å². The van der Waals surface area contributed by atoms with Crippen molar-refractivity contribution in [2.45, 2.75) is 121 Å². The zero-order chi connectivity index (χ0) is 52.8. The first-order valence-corrected chi connectivity index (χ1v) is 24.8. The van der Waals surface area contributed by atoms with Gasteiger partial charge in [-0.05, 0) is 81.3 Å². The van der Waals surface area contributed by atoms with Crippen molar-refractivity contribution in [3.05, 3.63) is 144 Å². The first kappa shape index (κ1) is 54.9. The topological polar surface area (TPSA) is 282 Å². The number of azide groups is 1. The zero-order valence-electron chi connectivity index (χ0n) is 41.6. The van der Waals surface area contributed by atoms with Crippen molar-refractivity contribution in [2.75, 3.05) is 25.6 Å². The molecule has 0 aliphatic carbocycles. The maximum Gasteiger partial charge on any atom is 0.330 e. The number of aromatic amines is 1. The predicted octanol–water partition coefficient (Wildman–Crippen LogP) is 4.28. The highest BCUT2D eigenvalue weighted by Crippen LogP contribution is 2.40. The van der Waals surface area contributed by atoms with E-state index in [4.69, 9.17) is 24.5 Å². The van der Waals surface area contributed by atoms with Gasteiger partial charge in [0.05, 0.1) is 30.8 Å². The van der Waals surface area contributed by atoms with Crippen LogP contribution in [0.4, 0.5) is 0 Å². The molecule has 2 saturated heterocycles. The molecular formula is C51H61N9O12S. The number of ether oxygens (including phenoxy) is 4. The van der Waals surface area contributed by atoms with E-state index in [0.29, 0.717) is 11.3 Å². The molecule has 0 unspecified atom stereocenters. The second kappa shape index (κ2) is 25.3. The molecule has 4 aromatic rings. The Morgan fingerprint density at radius 3 is 2.29 bits per heavy atom. The van der Waals surface area contributed by atoms with Crippen LogP contribution in [0.5, 0.6) is 5.75 Å². The minimum absolute atomic E-state index is 0.0270. The van der Waals surface area contributed by atoms with Crippen LogP contribution in [0.3, 0.4) is 0 Å². The summed E-state index contributed by atoms with van der Waals surface area (Å²) in [5.74, 6) is -3.47. The van der Waals surface area contributed by atoms with Crippen LogP contribution in [0.25, 0.3) is 10.4 Å². The SMILES string of the molecule is Cc1ccccc1CNC(=O)[C@H]1N(C(=O)[C@@H](OC(=O)CCC(=O)NCCC(=O)OC[C@@H]2O[C@H](n3cc(C)c(=O)[nH]c3=O)C[C@H]2N=[N+]=[N-])[C@H](Cc2ccccc2)NC(=O)COc2c(C)cccc2C)CSC1(C)C. The van der Waals surface area contributed by atoms with Crippen LogP contribution in [0.1, 0.15) is 79.1 Å². The molecule has 2 fully saturated rings. The molecular weight excluding hydrogens is 963 g/mol. The van der Waals surface area contributed by atoms with Gasteiger partial charge in [-0.25, -0.2) is 4.79 Å². The minimum atomic E-state index is -1.67. The summed E-state index contributed by atoms with van der Waals surface area (Å²) in [5.41, 5.74) is 12.3. The smallest absolute Gasteiger partial charge is 0.330 e. The number of hydrogen-bond donors (Lipinski definition) is 4. The van der Waals surface area contributed by atoms with Crippen molar-refractivity contribution < 1.29 is 47.7 Å². The third-order valence-electron chi connectivity index (χ3n) is 12.5. The van der Waals surface area contributed by atoms with Crippen LogP contribution in [0.15, 0.2) is 93.7 Å². The highest BCUT2D eigenvalue weighted by Gasteiger charge is 2.51. The minimum Gasteiger partial charge on any atom is -0.483 e. The summed E-state index contributed by atoms with van der Waals surface area (Å²) in [6, 6.07) is 19.2. The van der Waals surface area contributed by atoms with Gasteiger partial charge in [-0.1, -0.05) is 77.9 Å². The van der Waals surface area contributed by atoms with Gasteiger partial charge in [-0.15, -0.1) is 11.8 Å². The number of carbonyl (C=O) groups excluding carboxylic acids is 6. The van der Waals surface area contributed by atoms with Crippen molar-refractivity contribution in [3.63, 3.8) is 0 Å². The third kappa shape index (κ3) is 14.8. The van der Waals surface area contributed by atoms with Gasteiger partial charge in [0.25, 0.3) is 17.4 Å². The Bertz CT molecular complexity index is 2810. The van der Waals surface area contributed by atoms with Crippen molar-refractivity contribution in [1.29, 1.82) is 0 Å². The Kier molecular flexibility index (Phi) is 19.0. The summed E-state index contributed by atoms with van der Waals surface area (Å²) in [6.45, 7) is 10.1. The van der Waals surface area contributed by atoms with Gasteiger partial charge in [0.2, 0.25) is 17.9 Å². The summed E-state index contributed by atoms with van der Waals surface area (Å²) in [6.07, 6.45) is -3.27. The normalized spacial score (nSPS) is 18.6. The second-order valence-electron chi connectivity index (χ2n) is 18.4. The van der Waals surface area contributed by atoms with Crippen LogP contribution >= 0.6 is 11.8 Å². The predicted molar refractivity (Wildman–Crippen MR) is 269 cm³/mol. The molecule has 4 amide bonds. The maximum absolute atomic E-state index is 15.0. The maximum atomic E-state index is 15.0. The van der Waals surface area contributed by atoms with E-state index >= 15 is 4.79 Å². The Balaban J connectivity index is 1.12. The monoisotopic (exact) mass is 1020 g/mol. The van der Waals surface area contributed by atoms with Crippen LogP contribution < -0.4 is 31.9 Å². The molecule has 3 heterocycles. The largest absolute Gasteiger partial charge is 0.483 e. The fraction of sp³-hybridized carbons (Fsp3) is 0.451. The standard InChI is InChI=1S/C51H61N9O12S/c1-30-13-10-11-18-35(30)25-54-48(66)46-51(5,6)73-29-60(46)49(67)45(37(23-34-16-8-7-9-17-34)55-40(62)28-70-44-31(2)14-12-15-32(44)3)72-43(64)20-19-39(61)53-22-21-42(63)69-27-38-36(57-58-52)24-41(71-38)59-26-33(4)47(65)56-50(59)68/h7-18,26,36-38,41,45-46H,19-25,27-29H2,1-6H3,(H,53,61)(H,54,66)(H,55,62)(H,56,65,68)/t36-,37+,38+,41+,45+,46-/m1/s1. The first-order chi connectivity index (χ1) is 34.8. The summed E-state index contributed by atoms with van der Waals surface area (Å²) in [5, 5.41) is 12.1. The van der Waals surface area contributed by atoms with Crippen LogP contribution in [0, 0.1) is 27.7 Å². The van der Waals surface area contributed by atoms with E-state index < -0.39 is 108 Å². The van der Waals surface area contributed by atoms with E-state index in [0.717, 1.165) is 26.8 Å². The fourth-order valence-corrected chi connectivity index (χ4v) is 9.70. The number of nitrogens with zero attached hydrogens (tertiary/aromatic N) is 5. The summed E-state index contributed by atoms with van der Waals surface area (Å²) < 4.78 is 23.5. The highest BCUT2D eigenvalue weighted by atomic mass is 32.2. The van der Waals surface area contributed by atoms with Crippen molar-refractivity contribution >= 4 is 47.3 Å². The number of rotatable bonds is 22. The van der Waals surface area contributed by atoms with Crippen LogP contribution in [-0.4, -0.2) is 111 Å². The van der Waals surface area contributed by atoms with E-state index in [-0.39, 0.29) is 50.4 Å². The fourth-order valence-electron chi connectivity index (χ4n) is 8.56. The molecule has 22 heteroatoms. The van der Waals surface area contributed by atoms with Crippen LogP contribution in [-0.2, 0) is 55.9 Å². The molecule has 2 aliphatic heterocycles. The number of aromatic nitrogens is 2. The van der Waals surface area contributed by atoms with Gasteiger partial charge >= 0.3 is 17.6 Å². The van der Waals surface area contributed by atoms with E-state index in [1.54, 1.807) is 24.3 Å². The second-order valence-corrected chi connectivity index (χ2v) is 20.0. The van der Waals surface area contributed by atoms with Gasteiger partial charge in [-0.2, -0.15) is 0 Å². The van der Waals surface area contributed by atoms with E-state index in [1.807, 2.05) is 83.1 Å². The Hall–Kier alpha value is -7.42. The number of benzene rings is 3. The zero-order valence-corrected chi connectivity index (χ0v) is 42.4. The molecule has 388 valence electrons. The lowest BCUT2D eigenvalue weighted by Gasteiger charge is -2.35. The third-order valence-corrected chi connectivity index (χ3v) is 13.9. The molecule has 0 radical (unpaired) electrons. The number of esters is 2. The number of para-hydroxylation sites is 1. The lowest BCUT2D eigenvalue weighted by atomic mass is 9.96. The number of carbonyl (C=O) groups is 6. The molecule has 6 atom stereocenters. The summed E-state index contributed by atoms with van der Waals surface area (Å²) in [4.78, 5) is 113. The van der Waals surface area contributed by atoms with Gasteiger partial charge in [0, 0.05) is 47.4 Å². The molecule has 0 saturated carbocycles. The number of aryl methyl sites for hydroxylation is 4. The van der Waals surface area contributed by atoms with Gasteiger partial charge in [0.15, 0.2) is 6.61 Å². The number of amides is 4. The van der Waals surface area contributed by atoms with Gasteiger partial charge in [0.1, 0.15) is 30.7 Å². The van der Waals surface area contributed by atoms with Crippen molar-refractivity contribution in [1.82, 2.24) is 30.4 Å². The molecule has 1 aromatic heterocycles. The molecule has 0 bridgehead atoms. The first-order valence-electron chi connectivity index (χ1n) is 23.8. The summed E-state index contributed by atoms with van der Waals surface area (Å²) >= 11 is 1.37. The molecule has 73 heavy (non-hydrogen) atoms. The Labute approximate surface area is 425 Å². The number of H-pyrrole nitrogens is 1. The number of hydrogen-bond acceptors (Lipinski definition) is 14. The highest BCUT2D eigenvalue weighted by molar-refractivity contribution is 8.00. The average Bonchev–Trinajstić information content (AvgIpc) is 3.91. The van der Waals surface area contributed by atoms with Crippen LogP contribution in [0.2, 0.25) is 0 Å². The van der Waals surface area contributed by atoms with Crippen molar-refractivity contribution in [2.24, 2.45) is 5.11 Å². The van der Waals surface area contributed by atoms with E-state index in [1.165, 1.54) is 29.8 Å². The summed E-state index contributed by atoms with van der Waals surface area (Å²) in [7, 11) is 0. The van der Waals surface area contributed by atoms with Gasteiger partial charge < -0.3 is 39.8 Å². The molecule has 6 rings (SSSR count). The average molecular weight is 1020 g/mol. The quantitative estimate of drug-likeness (QED) is 0.0371. The molecule has 0 spiro atoms. The number of nitrogens with one attached hydrogen (secondary N) is 4.